The largest absolute Gasteiger partial charge is 0.393 e. The van der Waals surface area contributed by atoms with E-state index in [2.05, 4.69) is 43.3 Å². The van der Waals surface area contributed by atoms with Crippen molar-refractivity contribution < 1.29 is 5.11 Å². The van der Waals surface area contributed by atoms with Gasteiger partial charge in [0, 0.05) is 24.1 Å². The third-order valence-corrected chi connectivity index (χ3v) is 4.06. The minimum atomic E-state index is -0.127. The molecule has 1 saturated carbocycles. The summed E-state index contributed by atoms with van der Waals surface area (Å²) >= 11 is 0. The third kappa shape index (κ3) is 4.06. The maximum Gasteiger partial charge on any atom is 0.135 e. The van der Waals surface area contributed by atoms with Crippen LogP contribution in [0.3, 0.4) is 0 Å². The van der Waals surface area contributed by atoms with Gasteiger partial charge in [0.15, 0.2) is 0 Å². The molecular weight excluding hydrogens is 264 g/mol. The zero-order chi connectivity index (χ0) is 15.4. The summed E-state index contributed by atoms with van der Waals surface area (Å²) in [7, 11) is 0. The van der Waals surface area contributed by atoms with Crippen LogP contribution >= 0.6 is 0 Å². The summed E-state index contributed by atoms with van der Waals surface area (Å²) in [6, 6.07) is 0.400. The van der Waals surface area contributed by atoms with Crippen LogP contribution in [-0.4, -0.2) is 33.8 Å². The van der Waals surface area contributed by atoms with Crippen LogP contribution in [-0.2, 0) is 0 Å². The Balaban J connectivity index is 2.20. The molecule has 0 spiro atoms. The van der Waals surface area contributed by atoms with Gasteiger partial charge in [0.2, 0.25) is 0 Å². The van der Waals surface area contributed by atoms with Crippen LogP contribution in [0, 0.1) is 6.92 Å². The minimum Gasteiger partial charge on any atom is -0.393 e. The highest BCUT2D eigenvalue weighted by molar-refractivity contribution is 5.57. The van der Waals surface area contributed by atoms with Crippen LogP contribution in [0.2, 0.25) is 0 Å². The van der Waals surface area contributed by atoms with Crippen molar-refractivity contribution in [2.24, 2.45) is 0 Å². The van der Waals surface area contributed by atoms with Gasteiger partial charge in [0.05, 0.1) is 6.10 Å². The van der Waals surface area contributed by atoms with E-state index in [4.69, 9.17) is 4.98 Å². The summed E-state index contributed by atoms with van der Waals surface area (Å²) in [4.78, 5) is 9.33. The number of aliphatic hydroxyl groups is 1. The van der Waals surface area contributed by atoms with Gasteiger partial charge in [0.25, 0.3) is 0 Å². The van der Waals surface area contributed by atoms with E-state index in [1.54, 1.807) is 0 Å². The average molecular weight is 292 g/mol. The molecule has 0 bridgehead atoms. The first-order valence-corrected chi connectivity index (χ1v) is 8.08. The summed E-state index contributed by atoms with van der Waals surface area (Å²) in [6.45, 7) is 9.21. The molecule has 118 valence electrons. The van der Waals surface area contributed by atoms with E-state index in [-0.39, 0.29) is 6.10 Å². The molecule has 1 aromatic heterocycles. The van der Waals surface area contributed by atoms with Gasteiger partial charge in [-0.2, -0.15) is 0 Å². The fourth-order valence-corrected chi connectivity index (χ4v) is 2.69. The van der Waals surface area contributed by atoms with Gasteiger partial charge in [-0.25, -0.2) is 9.97 Å². The van der Waals surface area contributed by atoms with Crippen molar-refractivity contribution >= 4 is 11.6 Å². The topological polar surface area (TPSA) is 70.1 Å². The van der Waals surface area contributed by atoms with E-state index in [1.807, 2.05) is 0 Å². The molecule has 1 aliphatic carbocycles. The van der Waals surface area contributed by atoms with Crippen LogP contribution in [0.4, 0.5) is 11.6 Å². The first-order valence-electron chi connectivity index (χ1n) is 8.08. The Morgan fingerprint density at radius 3 is 2.33 bits per heavy atom. The molecular formula is C16H28N4O. The smallest absolute Gasteiger partial charge is 0.135 e. The Morgan fingerprint density at radius 1 is 1.14 bits per heavy atom. The maximum atomic E-state index is 9.62. The number of rotatable bonds is 5. The molecule has 0 radical (unpaired) electrons. The summed E-state index contributed by atoms with van der Waals surface area (Å²) < 4.78 is 0. The lowest BCUT2D eigenvalue weighted by molar-refractivity contribution is 0.126. The van der Waals surface area contributed by atoms with Gasteiger partial charge in [-0.15, -0.1) is 0 Å². The van der Waals surface area contributed by atoms with Crippen molar-refractivity contribution in [1.29, 1.82) is 0 Å². The van der Waals surface area contributed by atoms with Gasteiger partial charge < -0.3 is 15.7 Å². The molecule has 2 rings (SSSR count). The predicted molar refractivity (Wildman–Crippen MR) is 86.9 cm³/mol. The highest BCUT2D eigenvalue weighted by Gasteiger charge is 2.21. The molecule has 5 nitrogen and oxygen atoms in total. The summed E-state index contributed by atoms with van der Waals surface area (Å²) in [5, 5.41) is 16.5. The molecule has 0 saturated heterocycles. The van der Waals surface area contributed by atoms with E-state index < -0.39 is 0 Å². The standard InChI is InChI=1S/C16H28N4O/c1-5-17-15-11(4)16(20-14(19-15)10(2)3)18-12-6-8-13(21)9-7-12/h10,12-13,21H,5-9H2,1-4H3,(H2,17,18,19,20). The highest BCUT2D eigenvalue weighted by atomic mass is 16.3. The van der Waals surface area contributed by atoms with Gasteiger partial charge >= 0.3 is 0 Å². The Morgan fingerprint density at radius 2 is 1.76 bits per heavy atom. The molecule has 1 aromatic rings. The van der Waals surface area contributed by atoms with Crippen molar-refractivity contribution in [3.63, 3.8) is 0 Å². The lowest BCUT2D eigenvalue weighted by atomic mass is 9.93. The van der Waals surface area contributed by atoms with Crippen LogP contribution in [0.1, 0.15) is 63.8 Å². The molecule has 0 unspecified atom stereocenters. The van der Waals surface area contributed by atoms with Crippen LogP contribution in [0.25, 0.3) is 0 Å². The lowest BCUT2D eigenvalue weighted by Gasteiger charge is -2.27. The maximum absolute atomic E-state index is 9.62. The molecule has 0 atom stereocenters. The van der Waals surface area contributed by atoms with Gasteiger partial charge in [-0.1, -0.05) is 13.8 Å². The number of aromatic nitrogens is 2. The Bertz CT molecular complexity index is 468. The second kappa shape index (κ2) is 7.07. The molecule has 0 amide bonds. The molecule has 21 heavy (non-hydrogen) atoms. The Kier molecular flexibility index (Phi) is 5.39. The van der Waals surface area contributed by atoms with Crippen molar-refractivity contribution in [2.45, 2.75) is 71.4 Å². The Hall–Kier alpha value is -1.36. The molecule has 5 heteroatoms. The normalized spacial score (nSPS) is 22.4. The molecule has 0 aliphatic heterocycles. The van der Waals surface area contributed by atoms with Crippen LogP contribution < -0.4 is 10.6 Å². The SMILES string of the molecule is CCNc1nc(C(C)C)nc(NC2CCC(O)CC2)c1C. The van der Waals surface area contributed by atoms with E-state index in [1.165, 1.54) is 0 Å². The molecule has 1 fully saturated rings. The minimum absolute atomic E-state index is 0.127. The summed E-state index contributed by atoms with van der Waals surface area (Å²) in [6.07, 6.45) is 3.62. The monoisotopic (exact) mass is 292 g/mol. The van der Waals surface area contributed by atoms with Crippen LogP contribution in [0.15, 0.2) is 0 Å². The number of hydrogen-bond acceptors (Lipinski definition) is 5. The van der Waals surface area contributed by atoms with E-state index >= 15 is 0 Å². The average Bonchev–Trinajstić information content (AvgIpc) is 2.45. The second-order valence-electron chi connectivity index (χ2n) is 6.24. The van der Waals surface area contributed by atoms with Gasteiger partial charge in [-0.3, -0.25) is 0 Å². The zero-order valence-corrected chi connectivity index (χ0v) is 13.6. The van der Waals surface area contributed by atoms with Crippen LogP contribution in [0.5, 0.6) is 0 Å². The van der Waals surface area contributed by atoms with E-state index in [9.17, 15) is 5.11 Å². The zero-order valence-electron chi connectivity index (χ0n) is 13.6. The Labute approximate surface area is 127 Å². The first-order chi connectivity index (χ1) is 10.0. The number of hydrogen-bond donors (Lipinski definition) is 3. The second-order valence-corrected chi connectivity index (χ2v) is 6.24. The fraction of sp³-hybridized carbons (Fsp3) is 0.750. The number of nitrogens with zero attached hydrogens (tertiary/aromatic N) is 2. The van der Waals surface area contributed by atoms with E-state index in [0.717, 1.165) is 55.3 Å². The molecule has 1 heterocycles. The number of nitrogens with one attached hydrogen (secondary N) is 2. The van der Waals surface area contributed by atoms with Crippen molar-refractivity contribution in [1.82, 2.24) is 9.97 Å². The predicted octanol–water partition coefficient (Wildman–Crippen LogP) is 3.06. The summed E-state index contributed by atoms with van der Waals surface area (Å²) in [5.41, 5.74) is 1.08. The quantitative estimate of drug-likeness (QED) is 0.778. The van der Waals surface area contributed by atoms with E-state index in [0.29, 0.717) is 12.0 Å². The third-order valence-electron chi connectivity index (χ3n) is 4.06. The highest BCUT2D eigenvalue weighted by Crippen LogP contribution is 2.27. The molecule has 1 aliphatic rings. The van der Waals surface area contributed by atoms with Crippen molar-refractivity contribution in [3.05, 3.63) is 11.4 Å². The first kappa shape index (κ1) is 16.0. The summed E-state index contributed by atoms with van der Waals surface area (Å²) in [5.74, 6) is 3.03. The van der Waals surface area contributed by atoms with Gasteiger partial charge in [0.1, 0.15) is 17.5 Å². The number of aliphatic hydroxyl groups excluding tert-OH is 1. The van der Waals surface area contributed by atoms with Gasteiger partial charge in [-0.05, 0) is 39.5 Å². The molecule has 0 aromatic carbocycles. The molecule has 3 N–H and O–H groups in total. The number of anilines is 2. The lowest BCUT2D eigenvalue weighted by Crippen LogP contribution is -2.29. The fourth-order valence-electron chi connectivity index (χ4n) is 2.69. The van der Waals surface area contributed by atoms with Crippen molar-refractivity contribution in [3.8, 4) is 0 Å². The van der Waals surface area contributed by atoms with Crippen molar-refractivity contribution in [2.75, 3.05) is 17.2 Å².